The van der Waals surface area contributed by atoms with Crippen molar-refractivity contribution in [2.75, 3.05) is 6.61 Å². The molecule has 0 aromatic carbocycles. The molecule has 1 heterocycles. The number of aryl methyl sites for hydroxylation is 1. The zero-order chi connectivity index (χ0) is 11.4. The van der Waals surface area contributed by atoms with Gasteiger partial charge in [0.1, 0.15) is 0 Å². The number of aromatic nitrogens is 2. The van der Waals surface area contributed by atoms with Gasteiger partial charge in [0, 0.05) is 13.2 Å². The fraction of sp³-hybridized carbons (Fsp3) is 0.571. The molecule has 0 spiro atoms. The minimum absolute atomic E-state index is 0.0653. The molecule has 0 saturated carbocycles. The van der Waals surface area contributed by atoms with Gasteiger partial charge in [-0.25, -0.2) is 0 Å². The zero-order valence-corrected chi connectivity index (χ0v) is 8.93. The standard InChI is InChI=1S/C7H13B2N3O3/c1-9-7-5(12(14)15)6(8)10-11(7)3-2-4-13/h9,13H,2-4,8H2,1H3. The molecular formula is C7H13B2N3O3. The summed E-state index contributed by atoms with van der Waals surface area (Å²) in [5.74, 6) is 0. The van der Waals surface area contributed by atoms with Crippen molar-refractivity contribution in [3.05, 3.63) is 10.1 Å². The summed E-state index contributed by atoms with van der Waals surface area (Å²) in [6.07, 6.45) is 0.561. The van der Waals surface area contributed by atoms with Gasteiger partial charge in [-0.15, -0.1) is 0 Å². The first-order valence-corrected chi connectivity index (χ1v) is 4.93. The maximum absolute atomic E-state index is 10.8. The number of aliphatic hydroxyl groups is 1. The van der Waals surface area contributed by atoms with E-state index in [1.54, 1.807) is 12.5 Å². The van der Waals surface area contributed by atoms with Crippen molar-refractivity contribution in [1.29, 1.82) is 0 Å². The molecular weight excluding hydrogens is 196 g/mol. The molecule has 0 saturated heterocycles. The van der Waals surface area contributed by atoms with Crippen LogP contribution < -0.4 is 11.2 Å². The second kappa shape index (κ2) is 4.97. The average Bonchev–Trinajstić information content (AvgIpc) is 2.51. The van der Waals surface area contributed by atoms with Crippen LogP contribution >= 0.6 is 0 Å². The second-order valence-electron chi connectivity index (χ2n) is 3.29. The largest absolute Gasteiger partial charge is 0.396 e. The summed E-state index contributed by atoms with van der Waals surface area (Å²) in [5.41, 5.74) is 1.18. The lowest BCUT2D eigenvalue weighted by Gasteiger charge is -2.02. The Hall–Kier alpha value is -1.30. The molecule has 0 bridgehead atoms. The van der Waals surface area contributed by atoms with Crippen LogP contribution in [0.5, 0.6) is 0 Å². The summed E-state index contributed by atoms with van der Waals surface area (Å²) >= 11 is 0. The number of aliphatic hydroxyl groups excluding tert-OH is 1. The van der Waals surface area contributed by atoms with E-state index in [-0.39, 0.29) is 12.3 Å². The Balaban J connectivity index is 3.07. The molecule has 0 aliphatic heterocycles. The lowest BCUT2D eigenvalue weighted by molar-refractivity contribution is -0.382. The maximum Gasteiger partial charge on any atom is 0.293 e. The van der Waals surface area contributed by atoms with Crippen molar-refractivity contribution in [1.82, 2.24) is 9.78 Å². The van der Waals surface area contributed by atoms with Crippen LogP contribution in [0, 0.1) is 10.1 Å². The second-order valence-corrected chi connectivity index (χ2v) is 3.29. The molecule has 0 unspecified atom stereocenters. The van der Waals surface area contributed by atoms with Gasteiger partial charge in [0.25, 0.3) is 5.69 Å². The number of rotatable bonds is 5. The Morgan fingerprint density at radius 3 is 2.87 bits per heavy atom. The van der Waals surface area contributed by atoms with Gasteiger partial charge in [-0.2, -0.15) is 5.10 Å². The van der Waals surface area contributed by atoms with Gasteiger partial charge in [0.15, 0.2) is 15.1 Å². The molecule has 1 aromatic heterocycles. The smallest absolute Gasteiger partial charge is 0.293 e. The lowest BCUT2D eigenvalue weighted by Crippen LogP contribution is -2.26. The topological polar surface area (TPSA) is 81.2 Å². The van der Waals surface area contributed by atoms with Crippen molar-refractivity contribution in [3.8, 4) is 0 Å². The minimum Gasteiger partial charge on any atom is -0.396 e. The quantitative estimate of drug-likeness (QED) is 0.331. The Morgan fingerprint density at radius 1 is 1.73 bits per heavy atom. The zero-order valence-electron chi connectivity index (χ0n) is 8.93. The molecule has 6 nitrogen and oxygen atoms in total. The third-order valence-corrected chi connectivity index (χ3v) is 2.24. The van der Waals surface area contributed by atoms with E-state index in [9.17, 15) is 10.1 Å². The molecule has 0 fully saturated rings. The monoisotopic (exact) mass is 209 g/mol. The van der Waals surface area contributed by atoms with E-state index in [4.69, 9.17) is 5.11 Å². The Morgan fingerprint density at radius 2 is 2.40 bits per heavy atom. The van der Waals surface area contributed by atoms with E-state index in [0.29, 0.717) is 31.4 Å². The van der Waals surface area contributed by atoms with E-state index in [1.165, 1.54) is 0 Å². The molecule has 15 heavy (non-hydrogen) atoms. The van der Waals surface area contributed by atoms with E-state index in [1.807, 2.05) is 6.82 Å². The van der Waals surface area contributed by atoms with Crippen LogP contribution in [0.1, 0.15) is 6.42 Å². The summed E-state index contributed by atoms with van der Waals surface area (Å²) in [6, 6.07) is 0. The minimum atomic E-state index is -0.392. The molecule has 80 valence electrons. The highest BCUT2D eigenvalue weighted by atomic mass is 16.6. The molecule has 1 rings (SSSR count). The van der Waals surface area contributed by atoms with Crippen molar-refractivity contribution in [3.63, 3.8) is 0 Å². The highest BCUT2D eigenvalue weighted by Gasteiger charge is 2.22. The molecule has 1 aromatic rings. The number of nitro groups is 1. The summed E-state index contributed by atoms with van der Waals surface area (Å²) < 4.78 is 1.61. The van der Waals surface area contributed by atoms with E-state index in [2.05, 4.69) is 5.10 Å². The van der Waals surface area contributed by atoms with Crippen LogP contribution in [0.25, 0.3) is 0 Å². The normalized spacial score (nSPS) is 10.3. The van der Waals surface area contributed by atoms with Crippen molar-refractivity contribution in [2.45, 2.75) is 19.8 Å². The molecule has 0 amide bonds. The first-order chi connectivity index (χ1) is 7.11. The van der Waals surface area contributed by atoms with E-state index >= 15 is 0 Å². The van der Waals surface area contributed by atoms with Crippen LogP contribution in [-0.4, -0.2) is 41.5 Å². The van der Waals surface area contributed by atoms with Gasteiger partial charge in [0.2, 0.25) is 0 Å². The van der Waals surface area contributed by atoms with E-state index in [0.717, 1.165) is 0 Å². The van der Waals surface area contributed by atoms with Crippen LogP contribution in [0.15, 0.2) is 0 Å². The molecule has 1 N–H and O–H groups in total. The molecule has 0 aliphatic carbocycles. The summed E-state index contributed by atoms with van der Waals surface area (Å²) in [6.45, 7) is 2.45. The highest BCUT2D eigenvalue weighted by molar-refractivity contribution is 6.54. The fourth-order valence-electron chi connectivity index (χ4n) is 1.61. The summed E-state index contributed by atoms with van der Waals surface area (Å²) in [7, 11) is 2.20. The summed E-state index contributed by atoms with van der Waals surface area (Å²) in [5, 5.41) is 23.6. The van der Waals surface area contributed by atoms with Gasteiger partial charge in [-0.3, -0.25) is 14.8 Å². The predicted molar refractivity (Wildman–Crippen MR) is 61.4 cm³/mol. The van der Waals surface area contributed by atoms with Crippen LogP contribution in [0.2, 0.25) is 6.82 Å². The number of hydrogen-bond acceptors (Lipinski definition) is 4. The Kier molecular flexibility index (Phi) is 3.90. The van der Waals surface area contributed by atoms with Crippen molar-refractivity contribution >= 4 is 32.0 Å². The predicted octanol–water partition coefficient (Wildman–Crippen LogP) is -2.46. The number of hydrogen-bond donors (Lipinski definition) is 1. The molecule has 0 atom stereocenters. The van der Waals surface area contributed by atoms with Gasteiger partial charge >= 0.3 is 0 Å². The third-order valence-electron chi connectivity index (χ3n) is 2.24. The third kappa shape index (κ3) is 2.38. The maximum atomic E-state index is 10.8. The highest BCUT2D eigenvalue weighted by Crippen LogP contribution is 2.02. The SMILES string of the molecule is Bc1nn(CCCO)c(BC)c1[N+](=O)[O-]. The van der Waals surface area contributed by atoms with Gasteiger partial charge in [-0.05, 0) is 6.42 Å². The van der Waals surface area contributed by atoms with Crippen LogP contribution in [0.3, 0.4) is 0 Å². The van der Waals surface area contributed by atoms with Crippen molar-refractivity contribution < 1.29 is 10.0 Å². The average molecular weight is 209 g/mol. The molecule has 0 aliphatic rings. The van der Waals surface area contributed by atoms with Crippen molar-refractivity contribution in [2.24, 2.45) is 0 Å². The fourth-order valence-corrected chi connectivity index (χ4v) is 1.61. The van der Waals surface area contributed by atoms with Crippen LogP contribution in [-0.2, 0) is 6.54 Å². The summed E-state index contributed by atoms with van der Waals surface area (Å²) in [4.78, 5) is 10.4. The van der Waals surface area contributed by atoms with Crippen LogP contribution in [0.4, 0.5) is 5.69 Å². The molecule has 8 heteroatoms. The first kappa shape index (κ1) is 11.8. The van der Waals surface area contributed by atoms with Gasteiger partial charge < -0.3 is 5.11 Å². The Bertz CT molecular complexity index is 367. The lowest BCUT2D eigenvalue weighted by atomic mass is 9.76. The van der Waals surface area contributed by atoms with Gasteiger partial charge in [-0.1, -0.05) is 6.82 Å². The van der Waals surface area contributed by atoms with E-state index < -0.39 is 4.92 Å². The Labute approximate surface area is 89.1 Å². The molecule has 0 radical (unpaired) electrons. The number of nitrogens with zero attached hydrogens (tertiary/aromatic N) is 3. The van der Waals surface area contributed by atoms with Gasteiger partial charge in [0.05, 0.1) is 16.1 Å². The first-order valence-electron chi connectivity index (χ1n) is 4.93.